The van der Waals surface area contributed by atoms with Gasteiger partial charge in [-0.25, -0.2) is 4.79 Å². The summed E-state index contributed by atoms with van der Waals surface area (Å²) in [6.07, 6.45) is 0.858. The molecule has 0 aliphatic carbocycles. The predicted octanol–water partition coefficient (Wildman–Crippen LogP) is 5.06. The number of urea groups is 1. The van der Waals surface area contributed by atoms with Crippen molar-refractivity contribution in [3.05, 3.63) is 65.4 Å². The molecule has 26 heavy (non-hydrogen) atoms. The van der Waals surface area contributed by atoms with Crippen LogP contribution in [0.1, 0.15) is 37.6 Å². The zero-order valence-corrected chi connectivity index (χ0v) is 15.6. The molecule has 4 nitrogen and oxygen atoms in total. The number of benzene rings is 2. The maximum absolute atomic E-state index is 12.7. The maximum atomic E-state index is 12.7. The lowest BCUT2D eigenvalue weighted by Gasteiger charge is -2.27. The standard InChI is InChI=1S/C22H25N3O/c1-22(2,3)15-9-10-19-17(13-15)18-14-25(12-11-20(18)24-19)21(26)23-16-7-5-4-6-8-16/h4-10,13,24H,11-12,14H2,1-3H3,(H,23,26). The largest absolute Gasteiger partial charge is 0.358 e. The van der Waals surface area contributed by atoms with E-state index in [-0.39, 0.29) is 11.4 Å². The van der Waals surface area contributed by atoms with E-state index in [0.717, 1.165) is 24.2 Å². The van der Waals surface area contributed by atoms with Crippen LogP contribution in [0.4, 0.5) is 10.5 Å². The van der Waals surface area contributed by atoms with Gasteiger partial charge in [-0.1, -0.05) is 45.0 Å². The van der Waals surface area contributed by atoms with Crippen molar-refractivity contribution in [1.82, 2.24) is 9.88 Å². The van der Waals surface area contributed by atoms with E-state index in [1.165, 1.54) is 22.2 Å². The lowest BCUT2D eigenvalue weighted by Crippen LogP contribution is -2.38. The second kappa shape index (κ2) is 6.20. The Morgan fingerprint density at radius 1 is 1.12 bits per heavy atom. The van der Waals surface area contributed by atoms with Crippen molar-refractivity contribution in [3.63, 3.8) is 0 Å². The summed E-state index contributed by atoms with van der Waals surface area (Å²) < 4.78 is 0. The van der Waals surface area contributed by atoms with Gasteiger partial charge in [0.05, 0.1) is 0 Å². The SMILES string of the molecule is CC(C)(C)c1ccc2[nH]c3c(c2c1)CN(C(=O)Nc1ccccc1)CC3. The fourth-order valence-electron chi connectivity index (χ4n) is 3.58. The van der Waals surface area contributed by atoms with E-state index in [4.69, 9.17) is 0 Å². The van der Waals surface area contributed by atoms with Gasteiger partial charge < -0.3 is 15.2 Å². The van der Waals surface area contributed by atoms with Gasteiger partial charge in [-0.15, -0.1) is 0 Å². The van der Waals surface area contributed by atoms with Crippen molar-refractivity contribution in [2.75, 3.05) is 11.9 Å². The number of carbonyl (C=O) groups excluding carboxylic acids is 1. The van der Waals surface area contributed by atoms with E-state index < -0.39 is 0 Å². The van der Waals surface area contributed by atoms with Gasteiger partial charge in [-0.2, -0.15) is 0 Å². The zero-order valence-electron chi connectivity index (χ0n) is 15.6. The summed E-state index contributed by atoms with van der Waals surface area (Å²) in [6, 6.07) is 16.2. The van der Waals surface area contributed by atoms with Crippen molar-refractivity contribution in [2.45, 2.75) is 39.2 Å². The summed E-state index contributed by atoms with van der Waals surface area (Å²) in [4.78, 5) is 18.1. The molecular weight excluding hydrogens is 322 g/mol. The summed E-state index contributed by atoms with van der Waals surface area (Å²) in [7, 11) is 0. The zero-order chi connectivity index (χ0) is 18.3. The van der Waals surface area contributed by atoms with Crippen LogP contribution in [0.3, 0.4) is 0 Å². The molecule has 0 spiro atoms. The highest BCUT2D eigenvalue weighted by Crippen LogP contribution is 2.32. The monoisotopic (exact) mass is 347 g/mol. The minimum Gasteiger partial charge on any atom is -0.358 e. The molecule has 2 heterocycles. The third kappa shape index (κ3) is 3.07. The first-order chi connectivity index (χ1) is 12.4. The van der Waals surface area contributed by atoms with Crippen LogP contribution in [0.15, 0.2) is 48.5 Å². The molecule has 1 aliphatic heterocycles. The Kier molecular flexibility index (Phi) is 3.98. The van der Waals surface area contributed by atoms with Gasteiger partial charge in [0, 0.05) is 47.4 Å². The molecule has 2 amide bonds. The summed E-state index contributed by atoms with van der Waals surface area (Å²) in [5.74, 6) is 0. The fourth-order valence-corrected chi connectivity index (χ4v) is 3.58. The number of para-hydroxylation sites is 1. The highest BCUT2D eigenvalue weighted by atomic mass is 16.2. The Bertz CT molecular complexity index is 951. The van der Waals surface area contributed by atoms with Crippen LogP contribution >= 0.6 is 0 Å². The Hall–Kier alpha value is -2.75. The molecule has 0 bridgehead atoms. The molecule has 4 heteroatoms. The number of fused-ring (bicyclic) bond motifs is 3. The summed E-state index contributed by atoms with van der Waals surface area (Å²) >= 11 is 0. The second-order valence-corrected chi connectivity index (χ2v) is 8.06. The number of nitrogens with zero attached hydrogens (tertiary/aromatic N) is 1. The first-order valence-corrected chi connectivity index (χ1v) is 9.17. The molecule has 0 radical (unpaired) electrons. The van der Waals surface area contributed by atoms with Crippen LogP contribution in [0, 0.1) is 0 Å². The van der Waals surface area contributed by atoms with Crippen LogP contribution in [-0.2, 0) is 18.4 Å². The van der Waals surface area contributed by atoms with Gasteiger partial charge in [-0.3, -0.25) is 0 Å². The molecule has 134 valence electrons. The fraction of sp³-hybridized carbons (Fsp3) is 0.318. The summed E-state index contributed by atoms with van der Waals surface area (Å²) in [5, 5.41) is 4.24. The first kappa shape index (κ1) is 16.7. The smallest absolute Gasteiger partial charge is 0.322 e. The molecule has 3 aromatic rings. The van der Waals surface area contributed by atoms with Gasteiger partial charge in [-0.05, 0) is 35.2 Å². The van der Waals surface area contributed by atoms with Crippen LogP contribution in [-0.4, -0.2) is 22.5 Å². The molecule has 0 saturated heterocycles. The minimum atomic E-state index is -0.0387. The van der Waals surface area contributed by atoms with E-state index in [9.17, 15) is 4.79 Å². The molecule has 0 unspecified atom stereocenters. The Balaban J connectivity index is 1.62. The van der Waals surface area contributed by atoms with Gasteiger partial charge in [0.1, 0.15) is 0 Å². The number of amides is 2. The average molecular weight is 347 g/mol. The Labute approximate surface area is 154 Å². The van der Waals surface area contributed by atoms with Crippen molar-refractivity contribution < 1.29 is 4.79 Å². The second-order valence-electron chi connectivity index (χ2n) is 8.06. The average Bonchev–Trinajstić information content (AvgIpc) is 2.99. The van der Waals surface area contributed by atoms with Crippen molar-refractivity contribution in [1.29, 1.82) is 0 Å². The number of aromatic nitrogens is 1. The van der Waals surface area contributed by atoms with E-state index in [0.29, 0.717) is 6.54 Å². The summed E-state index contributed by atoms with van der Waals surface area (Å²) in [5.41, 5.74) is 5.93. The molecule has 1 aromatic heterocycles. The number of anilines is 1. The highest BCUT2D eigenvalue weighted by Gasteiger charge is 2.25. The van der Waals surface area contributed by atoms with Gasteiger partial charge in [0.25, 0.3) is 0 Å². The molecule has 0 atom stereocenters. The number of hydrogen-bond donors (Lipinski definition) is 2. The molecule has 0 fully saturated rings. The molecule has 2 aromatic carbocycles. The Morgan fingerprint density at radius 2 is 1.88 bits per heavy atom. The lowest BCUT2D eigenvalue weighted by molar-refractivity contribution is 0.206. The quantitative estimate of drug-likeness (QED) is 0.635. The van der Waals surface area contributed by atoms with Gasteiger partial charge >= 0.3 is 6.03 Å². The van der Waals surface area contributed by atoms with Crippen molar-refractivity contribution in [2.24, 2.45) is 0 Å². The van der Waals surface area contributed by atoms with Crippen LogP contribution in [0.2, 0.25) is 0 Å². The summed E-state index contributed by atoms with van der Waals surface area (Å²) in [6.45, 7) is 8.05. The highest BCUT2D eigenvalue weighted by molar-refractivity contribution is 5.91. The predicted molar refractivity (Wildman–Crippen MR) is 107 cm³/mol. The van der Waals surface area contributed by atoms with Crippen molar-refractivity contribution in [3.8, 4) is 0 Å². The van der Waals surface area contributed by atoms with E-state index in [1.807, 2.05) is 35.2 Å². The molecule has 4 rings (SSSR count). The third-order valence-electron chi connectivity index (χ3n) is 5.15. The van der Waals surface area contributed by atoms with Crippen molar-refractivity contribution >= 4 is 22.6 Å². The van der Waals surface area contributed by atoms with Crippen LogP contribution in [0.25, 0.3) is 10.9 Å². The molecule has 1 aliphatic rings. The number of aromatic amines is 1. The number of carbonyl (C=O) groups is 1. The number of rotatable bonds is 1. The van der Waals surface area contributed by atoms with Gasteiger partial charge in [0.15, 0.2) is 0 Å². The third-order valence-corrected chi connectivity index (χ3v) is 5.15. The van der Waals surface area contributed by atoms with E-state index in [2.05, 4.69) is 49.3 Å². The molecular formula is C22H25N3O. The molecule has 2 N–H and O–H groups in total. The number of H-pyrrole nitrogens is 1. The van der Waals surface area contributed by atoms with E-state index in [1.54, 1.807) is 0 Å². The number of hydrogen-bond acceptors (Lipinski definition) is 1. The Morgan fingerprint density at radius 3 is 2.62 bits per heavy atom. The number of nitrogens with one attached hydrogen (secondary N) is 2. The van der Waals surface area contributed by atoms with Crippen LogP contribution < -0.4 is 5.32 Å². The van der Waals surface area contributed by atoms with Crippen LogP contribution in [0.5, 0.6) is 0 Å². The lowest BCUT2D eigenvalue weighted by atomic mass is 9.86. The minimum absolute atomic E-state index is 0.0387. The first-order valence-electron chi connectivity index (χ1n) is 9.17. The van der Waals surface area contributed by atoms with E-state index >= 15 is 0 Å². The maximum Gasteiger partial charge on any atom is 0.322 e. The normalized spacial score (nSPS) is 14.3. The molecule has 0 saturated carbocycles. The topological polar surface area (TPSA) is 48.1 Å². The van der Waals surface area contributed by atoms with Gasteiger partial charge in [0.2, 0.25) is 0 Å².